The Kier molecular flexibility index (Phi) is 4.43. The van der Waals surface area contributed by atoms with Crippen molar-refractivity contribution in [1.82, 2.24) is 19.9 Å². The lowest BCUT2D eigenvalue weighted by Gasteiger charge is -2.36. The molecule has 0 spiro atoms. The van der Waals surface area contributed by atoms with Crippen LogP contribution in [0.5, 0.6) is 0 Å². The van der Waals surface area contributed by atoms with Gasteiger partial charge in [0.2, 0.25) is 0 Å². The number of amides is 1. The van der Waals surface area contributed by atoms with Crippen molar-refractivity contribution in [2.24, 2.45) is 0 Å². The summed E-state index contributed by atoms with van der Waals surface area (Å²) in [6, 6.07) is 1.66. The van der Waals surface area contributed by atoms with Gasteiger partial charge in [-0.3, -0.25) is 9.78 Å². The van der Waals surface area contributed by atoms with Crippen LogP contribution in [-0.4, -0.2) is 51.9 Å². The molecule has 120 valence electrons. The highest BCUT2D eigenvalue weighted by Crippen LogP contribution is 2.21. The van der Waals surface area contributed by atoms with E-state index in [4.69, 9.17) is 11.6 Å². The van der Waals surface area contributed by atoms with E-state index in [0.717, 1.165) is 30.2 Å². The molecule has 0 bridgehead atoms. The van der Waals surface area contributed by atoms with E-state index >= 15 is 0 Å². The number of nitrogens with zero attached hydrogens (tertiary/aromatic N) is 5. The predicted molar refractivity (Wildman–Crippen MR) is 88.9 cm³/mol. The monoisotopic (exact) mass is 331 g/mol. The zero-order chi connectivity index (χ0) is 16.4. The first kappa shape index (κ1) is 15.7. The molecule has 1 fully saturated rings. The van der Waals surface area contributed by atoms with Gasteiger partial charge in [0.05, 0.1) is 10.6 Å². The Morgan fingerprint density at radius 3 is 2.61 bits per heavy atom. The topological polar surface area (TPSA) is 62.2 Å². The first-order valence-corrected chi connectivity index (χ1v) is 7.87. The smallest absolute Gasteiger partial charge is 0.255 e. The van der Waals surface area contributed by atoms with Gasteiger partial charge in [-0.25, -0.2) is 9.97 Å². The Balaban J connectivity index is 1.70. The van der Waals surface area contributed by atoms with Gasteiger partial charge in [-0.1, -0.05) is 11.6 Å². The van der Waals surface area contributed by atoms with Gasteiger partial charge >= 0.3 is 0 Å². The van der Waals surface area contributed by atoms with Crippen molar-refractivity contribution in [2.45, 2.75) is 13.8 Å². The van der Waals surface area contributed by atoms with Crippen molar-refractivity contribution in [3.63, 3.8) is 0 Å². The van der Waals surface area contributed by atoms with E-state index in [1.165, 1.54) is 6.20 Å². The van der Waals surface area contributed by atoms with Gasteiger partial charge in [-0.05, 0) is 19.9 Å². The van der Waals surface area contributed by atoms with Crippen LogP contribution in [0.2, 0.25) is 5.02 Å². The summed E-state index contributed by atoms with van der Waals surface area (Å²) in [4.78, 5) is 29.1. The number of carbonyl (C=O) groups is 1. The summed E-state index contributed by atoms with van der Waals surface area (Å²) in [5.41, 5.74) is 2.57. The molecule has 2 aromatic heterocycles. The zero-order valence-corrected chi connectivity index (χ0v) is 13.9. The Hall–Kier alpha value is -2.21. The standard InChI is InChI=1S/C16H18ClN5O/c1-11-12(2)19-10-20-15(11)21-5-7-22(8-6-21)16(23)13-3-4-18-9-14(13)17/h3-4,9-10H,5-8H2,1-2H3. The largest absolute Gasteiger partial charge is 0.353 e. The van der Waals surface area contributed by atoms with Crippen molar-refractivity contribution in [2.75, 3.05) is 31.1 Å². The maximum absolute atomic E-state index is 12.6. The van der Waals surface area contributed by atoms with E-state index in [9.17, 15) is 4.79 Å². The number of aromatic nitrogens is 3. The number of pyridine rings is 1. The zero-order valence-electron chi connectivity index (χ0n) is 13.2. The molecule has 0 atom stereocenters. The maximum Gasteiger partial charge on any atom is 0.255 e. The summed E-state index contributed by atoms with van der Waals surface area (Å²) >= 11 is 6.06. The van der Waals surface area contributed by atoms with Gasteiger partial charge < -0.3 is 9.80 Å². The van der Waals surface area contributed by atoms with Crippen LogP contribution >= 0.6 is 11.6 Å². The molecule has 6 nitrogen and oxygen atoms in total. The van der Waals surface area contributed by atoms with Crippen LogP contribution in [-0.2, 0) is 0 Å². The predicted octanol–water partition coefficient (Wildman–Crippen LogP) is 2.10. The molecule has 0 N–H and O–H groups in total. The number of anilines is 1. The van der Waals surface area contributed by atoms with E-state index in [1.807, 2.05) is 18.7 Å². The lowest BCUT2D eigenvalue weighted by atomic mass is 10.2. The summed E-state index contributed by atoms with van der Waals surface area (Å²) in [5.74, 6) is 0.902. The molecule has 3 heterocycles. The van der Waals surface area contributed by atoms with E-state index in [2.05, 4.69) is 19.9 Å². The number of hydrogen-bond acceptors (Lipinski definition) is 5. The van der Waals surface area contributed by atoms with Crippen molar-refractivity contribution in [3.8, 4) is 0 Å². The van der Waals surface area contributed by atoms with Crippen LogP contribution in [0, 0.1) is 13.8 Å². The van der Waals surface area contributed by atoms with Gasteiger partial charge in [0.15, 0.2) is 0 Å². The molecule has 0 saturated carbocycles. The second-order valence-corrected chi connectivity index (χ2v) is 5.95. The van der Waals surface area contributed by atoms with E-state index < -0.39 is 0 Å². The van der Waals surface area contributed by atoms with Crippen LogP contribution < -0.4 is 4.90 Å². The Labute approximate surface area is 140 Å². The molecule has 7 heteroatoms. The van der Waals surface area contributed by atoms with Crippen LogP contribution in [0.15, 0.2) is 24.8 Å². The van der Waals surface area contributed by atoms with E-state index in [-0.39, 0.29) is 5.91 Å². The minimum absolute atomic E-state index is 0.0485. The maximum atomic E-state index is 12.6. The fraction of sp³-hybridized carbons (Fsp3) is 0.375. The van der Waals surface area contributed by atoms with E-state index in [1.54, 1.807) is 18.6 Å². The molecule has 23 heavy (non-hydrogen) atoms. The third kappa shape index (κ3) is 3.12. The molecule has 1 saturated heterocycles. The normalized spacial score (nSPS) is 14.9. The van der Waals surface area contributed by atoms with Crippen LogP contribution in [0.3, 0.4) is 0 Å². The highest BCUT2D eigenvalue weighted by Gasteiger charge is 2.25. The highest BCUT2D eigenvalue weighted by molar-refractivity contribution is 6.33. The fourth-order valence-corrected chi connectivity index (χ4v) is 2.88. The van der Waals surface area contributed by atoms with Gasteiger partial charge in [0.25, 0.3) is 5.91 Å². The summed E-state index contributed by atoms with van der Waals surface area (Å²) in [6.07, 6.45) is 4.67. The molecular formula is C16H18ClN5O. The van der Waals surface area contributed by atoms with Crippen molar-refractivity contribution in [3.05, 3.63) is 46.6 Å². The summed E-state index contributed by atoms with van der Waals surface area (Å²) in [5, 5.41) is 0.391. The van der Waals surface area contributed by atoms with Gasteiger partial charge in [-0.2, -0.15) is 0 Å². The average molecular weight is 332 g/mol. The molecule has 0 radical (unpaired) electrons. The second-order valence-electron chi connectivity index (χ2n) is 5.54. The van der Waals surface area contributed by atoms with Crippen molar-refractivity contribution in [1.29, 1.82) is 0 Å². The van der Waals surface area contributed by atoms with Gasteiger partial charge in [0, 0.05) is 49.8 Å². The minimum atomic E-state index is -0.0485. The van der Waals surface area contributed by atoms with Gasteiger partial charge in [-0.15, -0.1) is 0 Å². The highest BCUT2D eigenvalue weighted by atomic mass is 35.5. The van der Waals surface area contributed by atoms with E-state index in [0.29, 0.717) is 23.7 Å². The van der Waals surface area contributed by atoms with Crippen molar-refractivity contribution < 1.29 is 4.79 Å². The van der Waals surface area contributed by atoms with Crippen LogP contribution in [0.1, 0.15) is 21.6 Å². The van der Waals surface area contributed by atoms with Crippen molar-refractivity contribution >= 4 is 23.3 Å². The summed E-state index contributed by atoms with van der Waals surface area (Å²) in [7, 11) is 0. The summed E-state index contributed by atoms with van der Waals surface area (Å²) in [6.45, 7) is 6.77. The molecule has 1 aliphatic heterocycles. The molecule has 2 aromatic rings. The molecule has 0 unspecified atom stereocenters. The summed E-state index contributed by atoms with van der Waals surface area (Å²) < 4.78 is 0. The third-order valence-electron chi connectivity index (χ3n) is 4.18. The third-order valence-corrected chi connectivity index (χ3v) is 4.48. The van der Waals surface area contributed by atoms with Gasteiger partial charge in [0.1, 0.15) is 12.1 Å². The fourth-order valence-electron chi connectivity index (χ4n) is 2.68. The second kappa shape index (κ2) is 6.50. The Morgan fingerprint density at radius 2 is 1.91 bits per heavy atom. The number of hydrogen-bond donors (Lipinski definition) is 0. The Bertz CT molecular complexity index is 728. The first-order valence-electron chi connectivity index (χ1n) is 7.50. The molecule has 0 aliphatic carbocycles. The molecule has 1 aliphatic rings. The first-order chi connectivity index (χ1) is 11.1. The van der Waals surface area contributed by atoms with Crippen LogP contribution in [0.4, 0.5) is 5.82 Å². The molecule has 1 amide bonds. The number of carbonyl (C=O) groups excluding carboxylic acids is 1. The lowest BCUT2D eigenvalue weighted by molar-refractivity contribution is 0.0746. The molecular weight excluding hydrogens is 314 g/mol. The Morgan fingerprint density at radius 1 is 1.17 bits per heavy atom. The molecule has 0 aromatic carbocycles. The number of aryl methyl sites for hydroxylation is 1. The minimum Gasteiger partial charge on any atom is -0.353 e. The number of piperazine rings is 1. The van der Waals surface area contributed by atoms with Crippen LogP contribution in [0.25, 0.3) is 0 Å². The lowest BCUT2D eigenvalue weighted by Crippen LogP contribution is -2.49. The quantitative estimate of drug-likeness (QED) is 0.843. The number of halogens is 1. The number of rotatable bonds is 2. The average Bonchev–Trinajstić information content (AvgIpc) is 2.57. The SMILES string of the molecule is Cc1ncnc(N2CCN(C(=O)c3ccncc3Cl)CC2)c1C. The molecule has 3 rings (SSSR count).